The standard InChI is InChI=1S/C60H104NO8P/c1-6-8-10-12-14-16-18-20-22-24-25-26-27-28-29-30-31-32-33-34-35-37-39-41-43-45-47-49-51-53-60(63)69-58(57-68-70(64,65)67-55-54-61(3,4)5)56-66-59(62)52-50-48-46-44-42-40-38-36-23-21-19-17-15-13-11-9-7-2/h8,10,14,16,20-23,25-26,28-29,31-32,34-35,58H,6-7,9,11-13,15,17-19,24,27,30,33,36-57H2,1-5H3/b10-8-,16-14-,22-20-,23-21-,26-25-,29-28-,32-31-,35-34-. The summed E-state index contributed by atoms with van der Waals surface area (Å²) in [5.74, 6) is -0.855. The van der Waals surface area contributed by atoms with Gasteiger partial charge in [-0.3, -0.25) is 14.2 Å². The first-order chi connectivity index (χ1) is 34.0. The Balaban J connectivity index is 4.24. The normalized spacial score (nSPS) is 14.1. The molecule has 0 amide bonds. The SMILES string of the molecule is CC/C=C\C/C=C\C/C=C\C/C=C\C/C=C\C/C=C\C/C=C\CCCCCCCCCC(=O)OC(COC(=O)CCCCCCCCC/C=C\CCCCCCCC)COP(=O)([O-])OCC[N+](C)(C)C. The van der Waals surface area contributed by atoms with Crippen molar-refractivity contribution in [2.45, 2.75) is 225 Å². The summed E-state index contributed by atoms with van der Waals surface area (Å²) in [6, 6.07) is 0. The molecule has 9 nitrogen and oxygen atoms in total. The number of unbranched alkanes of at least 4 members (excludes halogenated alkanes) is 20. The lowest BCUT2D eigenvalue weighted by atomic mass is 10.1. The summed E-state index contributed by atoms with van der Waals surface area (Å²) >= 11 is 0. The molecular weight excluding hydrogens is 894 g/mol. The van der Waals surface area contributed by atoms with E-state index < -0.39 is 32.5 Å². The van der Waals surface area contributed by atoms with Crippen LogP contribution in [0.2, 0.25) is 0 Å². The van der Waals surface area contributed by atoms with Gasteiger partial charge in [-0.1, -0.05) is 207 Å². The fraction of sp³-hybridized carbons (Fsp3) is 0.700. The number of hydrogen-bond donors (Lipinski definition) is 0. The maximum atomic E-state index is 12.8. The van der Waals surface area contributed by atoms with Crippen molar-refractivity contribution in [2.75, 3.05) is 47.5 Å². The van der Waals surface area contributed by atoms with Gasteiger partial charge in [-0.05, 0) is 96.3 Å². The lowest BCUT2D eigenvalue weighted by Gasteiger charge is -2.28. The van der Waals surface area contributed by atoms with Crippen LogP contribution in [0.1, 0.15) is 219 Å². The zero-order valence-corrected chi connectivity index (χ0v) is 46.3. The molecule has 0 aliphatic carbocycles. The maximum absolute atomic E-state index is 12.8. The van der Waals surface area contributed by atoms with Crippen LogP contribution in [0.25, 0.3) is 0 Å². The first kappa shape index (κ1) is 66.9. The molecule has 0 fully saturated rings. The van der Waals surface area contributed by atoms with E-state index >= 15 is 0 Å². The van der Waals surface area contributed by atoms with Crippen molar-refractivity contribution in [3.63, 3.8) is 0 Å². The Kier molecular flexibility index (Phi) is 48.6. The first-order valence-electron chi connectivity index (χ1n) is 27.9. The number of allylic oxidation sites excluding steroid dienone is 16. The molecule has 10 heteroatoms. The second kappa shape index (κ2) is 50.9. The van der Waals surface area contributed by atoms with Crippen LogP contribution in [-0.4, -0.2) is 70.0 Å². The monoisotopic (exact) mass is 998 g/mol. The largest absolute Gasteiger partial charge is 0.756 e. The summed E-state index contributed by atoms with van der Waals surface area (Å²) in [6.07, 6.45) is 68.7. The Labute approximate surface area is 430 Å². The Morgan fingerprint density at radius 2 is 0.814 bits per heavy atom. The lowest BCUT2D eigenvalue weighted by Crippen LogP contribution is -2.37. The zero-order valence-electron chi connectivity index (χ0n) is 45.4. The molecule has 0 spiro atoms. The molecule has 0 aliphatic heterocycles. The molecule has 0 radical (unpaired) electrons. The average molecular weight is 998 g/mol. The van der Waals surface area contributed by atoms with Crippen molar-refractivity contribution in [2.24, 2.45) is 0 Å². The van der Waals surface area contributed by atoms with E-state index in [1.54, 1.807) is 0 Å². The van der Waals surface area contributed by atoms with E-state index in [1.165, 1.54) is 83.5 Å². The van der Waals surface area contributed by atoms with E-state index in [0.29, 0.717) is 17.4 Å². The number of phosphoric acid groups is 1. The molecule has 0 bridgehead atoms. The molecule has 0 N–H and O–H groups in total. The van der Waals surface area contributed by atoms with E-state index in [1.807, 2.05) is 21.1 Å². The fourth-order valence-corrected chi connectivity index (χ4v) is 8.01. The highest BCUT2D eigenvalue weighted by Crippen LogP contribution is 2.38. The molecule has 0 aromatic carbocycles. The van der Waals surface area contributed by atoms with Gasteiger partial charge < -0.3 is 27.9 Å². The molecule has 2 atom stereocenters. The Morgan fingerprint density at radius 3 is 1.23 bits per heavy atom. The van der Waals surface area contributed by atoms with Crippen molar-refractivity contribution >= 4 is 19.8 Å². The van der Waals surface area contributed by atoms with Crippen LogP contribution >= 0.6 is 7.82 Å². The van der Waals surface area contributed by atoms with Gasteiger partial charge in [-0.2, -0.15) is 0 Å². The van der Waals surface area contributed by atoms with Crippen molar-refractivity contribution in [1.29, 1.82) is 0 Å². The number of likely N-dealkylation sites (N-methyl/N-ethyl adjacent to an activating group) is 1. The van der Waals surface area contributed by atoms with E-state index in [2.05, 4.69) is 111 Å². The van der Waals surface area contributed by atoms with Crippen LogP contribution in [0, 0.1) is 0 Å². The highest BCUT2D eigenvalue weighted by molar-refractivity contribution is 7.45. The van der Waals surface area contributed by atoms with Gasteiger partial charge in [0.25, 0.3) is 7.82 Å². The topological polar surface area (TPSA) is 111 Å². The minimum absolute atomic E-state index is 0.0385. The Hall–Kier alpha value is -3.07. The molecule has 402 valence electrons. The van der Waals surface area contributed by atoms with Gasteiger partial charge in [0, 0.05) is 12.8 Å². The molecule has 0 aliphatic rings. The summed E-state index contributed by atoms with van der Waals surface area (Å²) in [7, 11) is 1.14. The molecular formula is C60H104NO8P. The van der Waals surface area contributed by atoms with E-state index in [-0.39, 0.29) is 26.1 Å². The highest BCUT2D eigenvalue weighted by Gasteiger charge is 2.21. The minimum Gasteiger partial charge on any atom is -0.756 e. The number of ether oxygens (including phenoxy) is 2. The van der Waals surface area contributed by atoms with Crippen LogP contribution in [0.5, 0.6) is 0 Å². The summed E-state index contributed by atoms with van der Waals surface area (Å²) < 4.78 is 34.1. The predicted molar refractivity (Wildman–Crippen MR) is 295 cm³/mol. The second-order valence-electron chi connectivity index (χ2n) is 19.6. The van der Waals surface area contributed by atoms with Crippen molar-refractivity contribution in [3.8, 4) is 0 Å². The van der Waals surface area contributed by atoms with Gasteiger partial charge in [0.1, 0.15) is 19.8 Å². The van der Waals surface area contributed by atoms with Crippen molar-refractivity contribution < 1.29 is 42.1 Å². The number of carbonyl (C=O) groups is 2. The average Bonchev–Trinajstić information content (AvgIpc) is 3.32. The number of nitrogens with zero attached hydrogens (tertiary/aromatic N) is 1. The van der Waals surface area contributed by atoms with Gasteiger partial charge in [0.2, 0.25) is 0 Å². The number of quaternary nitrogens is 1. The fourth-order valence-electron chi connectivity index (χ4n) is 7.28. The van der Waals surface area contributed by atoms with Crippen LogP contribution in [0.15, 0.2) is 97.2 Å². The van der Waals surface area contributed by atoms with Gasteiger partial charge in [-0.15, -0.1) is 0 Å². The van der Waals surface area contributed by atoms with Crippen LogP contribution in [-0.2, 0) is 32.7 Å². The molecule has 0 rings (SSSR count). The molecule has 2 unspecified atom stereocenters. The maximum Gasteiger partial charge on any atom is 0.306 e. The van der Waals surface area contributed by atoms with Crippen molar-refractivity contribution in [1.82, 2.24) is 0 Å². The first-order valence-corrected chi connectivity index (χ1v) is 29.4. The number of rotatable bonds is 50. The predicted octanol–water partition coefficient (Wildman–Crippen LogP) is 16.6. The Morgan fingerprint density at radius 1 is 0.457 bits per heavy atom. The number of esters is 2. The molecule has 0 saturated heterocycles. The quantitative estimate of drug-likeness (QED) is 0.0195. The van der Waals surface area contributed by atoms with Gasteiger partial charge in [-0.25, -0.2) is 0 Å². The van der Waals surface area contributed by atoms with Gasteiger partial charge in [0.05, 0.1) is 27.7 Å². The van der Waals surface area contributed by atoms with Crippen LogP contribution < -0.4 is 4.89 Å². The summed E-state index contributed by atoms with van der Waals surface area (Å²) in [6.45, 7) is 4.10. The molecule has 0 saturated carbocycles. The number of phosphoric ester groups is 1. The van der Waals surface area contributed by atoms with E-state index in [0.717, 1.165) is 103 Å². The summed E-state index contributed by atoms with van der Waals surface area (Å²) in [4.78, 5) is 37.8. The molecule has 0 aromatic heterocycles. The highest BCUT2D eigenvalue weighted by atomic mass is 31.2. The third-order valence-electron chi connectivity index (χ3n) is 11.6. The van der Waals surface area contributed by atoms with E-state index in [4.69, 9.17) is 18.5 Å². The Bertz CT molecular complexity index is 1500. The number of hydrogen-bond acceptors (Lipinski definition) is 8. The van der Waals surface area contributed by atoms with Gasteiger partial charge in [0.15, 0.2) is 6.10 Å². The lowest BCUT2D eigenvalue weighted by molar-refractivity contribution is -0.870. The minimum atomic E-state index is -4.64. The zero-order chi connectivity index (χ0) is 51.3. The third kappa shape index (κ3) is 54.3. The van der Waals surface area contributed by atoms with Gasteiger partial charge >= 0.3 is 11.9 Å². The molecule has 70 heavy (non-hydrogen) atoms. The van der Waals surface area contributed by atoms with Crippen molar-refractivity contribution in [3.05, 3.63) is 97.2 Å². The van der Waals surface area contributed by atoms with Crippen LogP contribution in [0.4, 0.5) is 0 Å². The molecule has 0 heterocycles. The second-order valence-corrected chi connectivity index (χ2v) is 21.0. The van der Waals surface area contributed by atoms with Crippen LogP contribution in [0.3, 0.4) is 0 Å². The number of carbonyl (C=O) groups excluding carboxylic acids is 2. The summed E-state index contributed by atoms with van der Waals surface area (Å²) in [5.41, 5.74) is 0. The van der Waals surface area contributed by atoms with E-state index in [9.17, 15) is 19.0 Å². The molecule has 0 aromatic rings. The smallest absolute Gasteiger partial charge is 0.306 e. The third-order valence-corrected chi connectivity index (χ3v) is 12.6. The summed E-state index contributed by atoms with van der Waals surface area (Å²) in [5, 5.41) is 0.